The Kier molecular flexibility index (Phi) is 5.37. The zero-order valence-corrected chi connectivity index (χ0v) is 16.5. The van der Waals surface area contributed by atoms with E-state index < -0.39 is 23.2 Å². The molecular formula is C23H19FN2O5. The second kappa shape index (κ2) is 8.14. The molecule has 2 N–H and O–H groups in total. The summed E-state index contributed by atoms with van der Waals surface area (Å²) in [6.45, 7) is 0.352. The number of amides is 1. The number of nitrogens with zero attached hydrogens (tertiary/aromatic N) is 2. The third-order valence-electron chi connectivity index (χ3n) is 5.32. The highest BCUT2D eigenvalue weighted by Gasteiger charge is 2.27. The summed E-state index contributed by atoms with van der Waals surface area (Å²) in [7, 11) is 0. The molecule has 2 heterocycles. The SMILES string of the molecule is O=C1CCCN(C(=O)c2cc(C(=O)O)c(O)c3ncc(Cc4ccc(F)cc4)cc23)C1. The largest absolute Gasteiger partial charge is 0.505 e. The Balaban J connectivity index is 1.82. The van der Waals surface area contributed by atoms with Crippen LogP contribution in [0.2, 0.25) is 0 Å². The van der Waals surface area contributed by atoms with Crippen molar-refractivity contribution in [3.63, 3.8) is 0 Å². The van der Waals surface area contributed by atoms with E-state index in [1.165, 1.54) is 23.2 Å². The number of piperidine rings is 1. The minimum atomic E-state index is -1.39. The molecule has 4 rings (SSSR count). The molecule has 1 aromatic heterocycles. The van der Waals surface area contributed by atoms with Gasteiger partial charge >= 0.3 is 5.97 Å². The quantitative estimate of drug-likeness (QED) is 0.669. The highest BCUT2D eigenvalue weighted by molar-refractivity contribution is 6.12. The van der Waals surface area contributed by atoms with Crippen LogP contribution in [0.1, 0.15) is 44.7 Å². The molecule has 1 saturated heterocycles. The number of carboxylic acid groups (broad SMARTS) is 1. The molecule has 158 valence electrons. The first-order valence-electron chi connectivity index (χ1n) is 9.77. The third kappa shape index (κ3) is 4.09. The summed E-state index contributed by atoms with van der Waals surface area (Å²) in [5, 5.41) is 20.2. The number of benzene rings is 2. The lowest BCUT2D eigenvalue weighted by molar-refractivity contribution is -0.121. The van der Waals surface area contributed by atoms with Gasteiger partial charge in [-0.3, -0.25) is 14.6 Å². The highest BCUT2D eigenvalue weighted by Crippen LogP contribution is 2.32. The fourth-order valence-electron chi connectivity index (χ4n) is 3.78. The summed E-state index contributed by atoms with van der Waals surface area (Å²) in [6, 6.07) is 8.75. The maximum absolute atomic E-state index is 13.2. The fraction of sp³-hybridized carbons (Fsp3) is 0.217. The van der Waals surface area contributed by atoms with Gasteiger partial charge in [0.25, 0.3) is 5.91 Å². The lowest BCUT2D eigenvalue weighted by Crippen LogP contribution is -2.40. The van der Waals surface area contributed by atoms with E-state index >= 15 is 0 Å². The molecule has 3 aromatic rings. The van der Waals surface area contributed by atoms with E-state index in [0.29, 0.717) is 36.8 Å². The zero-order chi connectivity index (χ0) is 22.1. The molecule has 0 aliphatic carbocycles. The van der Waals surface area contributed by atoms with Gasteiger partial charge in [0.05, 0.1) is 12.1 Å². The average molecular weight is 422 g/mol. The first kappa shape index (κ1) is 20.5. The number of fused-ring (bicyclic) bond motifs is 1. The molecule has 2 aromatic carbocycles. The molecule has 0 atom stereocenters. The molecule has 0 spiro atoms. The van der Waals surface area contributed by atoms with E-state index in [2.05, 4.69) is 4.98 Å². The van der Waals surface area contributed by atoms with Crippen LogP contribution < -0.4 is 0 Å². The number of Topliss-reactive ketones (excluding diaryl/α,β-unsaturated/α-hetero) is 1. The van der Waals surface area contributed by atoms with Gasteiger partial charge in [0.15, 0.2) is 11.5 Å². The van der Waals surface area contributed by atoms with E-state index in [1.807, 2.05) is 0 Å². The van der Waals surface area contributed by atoms with Gasteiger partial charge in [-0.05, 0) is 48.2 Å². The van der Waals surface area contributed by atoms with Crippen molar-refractivity contribution in [1.29, 1.82) is 0 Å². The Morgan fingerprint density at radius 2 is 1.84 bits per heavy atom. The van der Waals surface area contributed by atoms with E-state index in [-0.39, 0.29) is 29.2 Å². The van der Waals surface area contributed by atoms with Crippen molar-refractivity contribution < 1.29 is 29.0 Å². The molecule has 0 saturated carbocycles. The third-order valence-corrected chi connectivity index (χ3v) is 5.32. The number of ketones is 1. The number of hydrogen-bond acceptors (Lipinski definition) is 5. The van der Waals surface area contributed by atoms with E-state index in [0.717, 1.165) is 11.6 Å². The summed E-state index contributed by atoms with van der Waals surface area (Å²) in [5.74, 6) is -2.81. The molecule has 1 aliphatic rings. The number of aromatic nitrogens is 1. The van der Waals surface area contributed by atoms with Crippen molar-refractivity contribution in [3.8, 4) is 5.75 Å². The average Bonchev–Trinajstić information content (AvgIpc) is 2.75. The Bertz CT molecular complexity index is 1210. The summed E-state index contributed by atoms with van der Waals surface area (Å²) < 4.78 is 13.2. The van der Waals surface area contributed by atoms with Crippen LogP contribution in [0, 0.1) is 5.82 Å². The van der Waals surface area contributed by atoms with Crippen molar-refractivity contribution >= 4 is 28.6 Å². The predicted molar refractivity (Wildman–Crippen MR) is 110 cm³/mol. The van der Waals surface area contributed by atoms with Crippen LogP contribution in [0.4, 0.5) is 4.39 Å². The normalized spacial score (nSPS) is 14.1. The van der Waals surface area contributed by atoms with E-state index in [9.17, 15) is 29.0 Å². The van der Waals surface area contributed by atoms with Crippen LogP contribution in [0.3, 0.4) is 0 Å². The molecule has 1 amide bonds. The van der Waals surface area contributed by atoms with Crippen LogP contribution in [0.25, 0.3) is 10.9 Å². The topological polar surface area (TPSA) is 108 Å². The summed E-state index contributed by atoms with van der Waals surface area (Å²) in [6.07, 6.45) is 2.83. The number of aromatic hydroxyl groups is 1. The van der Waals surface area contributed by atoms with Gasteiger partial charge in [0.1, 0.15) is 16.9 Å². The number of carboxylic acids is 1. The molecule has 1 fully saturated rings. The van der Waals surface area contributed by atoms with Crippen LogP contribution in [0.15, 0.2) is 42.6 Å². The number of phenols is 1. The second-order valence-electron chi connectivity index (χ2n) is 7.54. The van der Waals surface area contributed by atoms with Crippen LogP contribution in [-0.4, -0.2) is 50.8 Å². The minimum absolute atomic E-state index is 0.00515. The van der Waals surface area contributed by atoms with Gasteiger partial charge in [-0.15, -0.1) is 0 Å². The van der Waals surface area contributed by atoms with E-state index in [1.54, 1.807) is 18.2 Å². The summed E-state index contributed by atoms with van der Waals surface area (Å²) >= 11 is 0. The number of likely N-dealkylation sites (tertiary alicyclic amines) is 1. The Morgan fingerprint density at radius 3 is 2.52 bits per heavy atom. The van der Waals surface area contributed by atoms with Crippen LogP contribution >= 0.6 is 0 Å². The maximum Gasteiger partial charge on any atom is 0.339 e. The molecule has 0 radical (unpaired) electrons. The lowest BCUT2D eigenvalue weighted by Gasteiger charge is -2.26. The molecule has 31 heavy (non-hydrogen) atoms. The van der Waals surface area contributed by atoms with Gasteiger partial charge < -0.3 is 15.1 Å². The Labute approximate surface area is 176 Å². The molecule has 8 heteroatoms. The monoisotopic (exact) mass is 422 g/mol. The zero-order valence-electron chi connectivity index (χ0n) is 16.5. The smallest absolute Gasteiger partial charge is 0.339 e. The predicted octanol–water partition coefficient (Wildman–Crippen LogP) is 3.17. The number of carbonyl (C=O) groups is 3. The molecule has 1 aliphatic heterocycles. The van der Waals surface area contributed by atoms with Crippen molar-refractivity contribution in [2.24, 2.45) is 0 Å². The van der Waals surface area contributed by atoms with Crippen molar-refractivity contribution in [3.05, 3.63) is 70.7 Å². The van der Waals surface area contributed by atoms with E-state index in [4.69, 9.17) is 0 Å². The fourth-order valence-corrected chi connectivity index (χ4v) is 3.78. The number of pyridine rings is 1. The number of carbonyl (C=O) groups excluding carboxylic acids is 2. The van der Waals surface area contributed by atoms with Crippen molar-refractivity contribution in [2.45, 2.75) is 19.3 Å². The first-order valence-corrected chi connectivity index (χ1v) is 9.77. The van der Waals surface area contributed by atoms with Gasteiger partial charge in [-0.2, -0.15) is 0 Å². The molecular weight excluding hydrogens is 403 g/mol. The van der Waals surface area contributed by atoms with Gasteiger partial charge in [0.2, 0.25) is 0 Å². The minimum Gasteiger partial charge on any atom is -0.505 e. The first-order chi connectivity index (χ1) is 14.8. The highest BCUT2D eigenvalue weighted by atomic mass is 19.1. The molecule has 7 nitrogen and oxygen atoms in total. The van der Waals surface area contributed by atoms with Gasteiger partial charge in [-0.1, -0.05) is 12.1 Å². The van der Waals surface area contributed by atoms with Gasteiger partial charge in [-0.25, -0.2) is 9.18 Å². The van der Waals surface area contributed by atoms with Crippen LogP contribution in [-0.2, 0) is 11.2 Å². The maximum atomic E-state index is 13.2. The summed E-state index contributed by atoms with van der Waals surface area (Å²) in [4.78, 5) is 42.2. The van der Waals surface area contributed by atoms with Gasteiger partial charge in [0, 0.05) is 24.5 Å². The second-order valence-corrected chi connectivity index (χ2v) is 7.54. The number of halogens is 1. The number of aromatic carboxylic acids is 1. The Hall–Kier alpha value is -3.81. The number of hydrogen-bond donors (Lipinski definition) is 2. The lowest BCUT2D eigenvalue weighted by atomic mass is 9.98. The number of rotatable bonds is 4. The van der Waals surface area contributed by atoms with Crippen molar-refractivity contribution in [1.82, 2.24) is 9.88 Å². The molecule has 0 bridgehead atoms. The standard InChI is InChI=1S/C23H19FN2O5/c24-15-5-3-13(4-6-15)8-14-9-17-18(22(29)26-7-1-2-16(27)12-26)10-19(23(30)31)21(28)20(17)25-11-14/h3-6,9-11,28H,1-2,7-8,12H2,(H,30,31). The summed E-state index contributed by atoms with van der Waals surface area (Å²) in [5.41, 5.74) is 1.15. The molecule has 0 unspecified atom stereocenters. The Morgan fingerprint density at radius 1 is 1.10 bits per heavy atom. The van der Waals surface area contributed by atoms with Crippen molar-refractivity contribution in [2.75, 3.05) is 13.1 Å². The van der Waals surface area contributed by atoms with Crippen LogP contribution in [0.5, 0.6) is 5.75 Å².